The van der Waals surface area contributed by atoms with Gasteiger partial charge >= 0.3 is 6.18 Å². The molecule has 2 N–H and O–H groups in total. The van der Waals surface area contributed by atoms with Crippen molar-refractivity contribution in [1.82, 2.24) is 9.99 Å². The van der Waals surface area contributed by atoms with Crippen molar-refractivity contribution in [2.75, 3.05) is 17.4 Å². The third-order valence-corrected chi connectivity index (χ3v) is 13.3. The number of fused-ring (bicyclic) bond motifs is 4. The van der Waals surface area contributed by atoms with E-state index in [4.69, 9.17) is 39.5 Å². The molecule has 3 heterocycles. The zero-order valence-electron chi connectivity index (χ0n) is 29.7. The first-order valence-corrected chi connectivity index (χ1v) is 19.7. The highest BCUT2D eigenvalue weighted by atomic mass is 127. The Morgan fingerprint density at radius 2 is 1.67 bits per heavy atom. The molecule has 294 valence electrons. The Kier molecular flexibility index (Phi) is 9.81. The third kappa shape index (κ3) is 6.08. The van der Waals surface area contributed by atoms with Gasteiger partial charge in [0.25, 0.3) is 11.8 Å². The summed E-state index contributed by atoms with van der Waals surface area (Å²) in [5.41, 5.74) is 2.21. The van der Waals surface area contributed by atoms with Crippen LogP contribution in [-0.4, -0.2) is 45.8 Å². The van der Waals surface area contributed by atoms with E-state index >= 15 is 4.79 Å². The molecule has 2 aliphatic carbocycles. The number of amides is 4. The second kappa shape index (κ2) is 14.2. The smallest absolute Gasteiger partial charge is 0.417 e. The highest BCUT2D eigenvalue weighted by molar-refractivity contribution is 14.1. The van der Waals surface area contributed by atoms with E-state index in [1.807, 2.05) is 28.7 Å². The first kappa shape index (κ1) is 39.4. The lowest BCUT2D eigenvalue weighted by atomic mass is 9.49. The number of phenols is 1. The maximum atomic E-state index is 15.4. The van der Waals surface area contributed by atoms with Crippen molar-refractivity contribution in [3.05, 3.63) is 119 Å². The van der Waals surface area contributed by atoms with Crippen molar-refractivity contribution >= 4 is 92.5 Å². The molecule has 3 fully saturated rings. The van der Waals surface area contributed by atoms with E-state index in [1.165, 1.54) is 7.11 Å². The zero-order chi connectivity index (χ0) is 40.9. The van der Waals surface area contributed by atoms with Crippen LogP contribution in [0.15, 0.2) is 78.5 Å². The molecule has 17 heteroatoms. The van der Waals surface area contributed by atoms with Gasteiger partial charge in [0.2, 0.25) is 11.8 Å². The normalized spacial score (nSPS) is 25.6. The van der Waals surface area contributed by atoms with Crippen LogP contribution in [0.25, 0.3) is 0 Å². The molecular formula is C40H29Cl3F3IN4O6. The van der Waals surface area contributed by atoms with Gasteiger partial charge in [0.1, 0.15) is 0 Å². The number of aromatic hydroxyl groups is 1. The summed E-state index contributed by atoms with van der Waals surface area (Å²) in [6, 6.07) is 15.2. The van der Waals surface area contributed by atoms with Gasteiger partial charge in [0, 0.05) is 22.2 Å². The van der Waals surface area contributed by atoms with Crippen LogP contribution in [0.3, 0.4) is 0 Å². The quantitative estimate of drug-likeness (QED) is 0.112. The average molecular weight is 952 g/mol. The molecule has 57 heavy (non-hydrogen) atoms. The predicted molar refractivity (Wildman–Crippen MR) is 213 cm³/mol. The molecule has 2 aliphatic heterocycles. The molecule has 10 nitrogen and oxygen atoms in total. The third-order valence-electron chi connectivity index (χ3n) is 11.6. The molecule has 4 amide bonds. The van der Waals surface area contributed by atoms with E-state index in [-0.39, 0.29) is 30.2 Å². The molecule has 6 unspecified atom stereocenters. The largest absolute Gasteiger partial charge is 0.504 e. The van der Waals surface area contributed by atoms with Crippen LogP contribution >= 0.6 is 57.4 Å². The number of carbonyl (C=O) groups is 4. The van der Waals surface area contributed by atoms with Gasteiger partial charge in [0.05, 0.1) is 50.1 Å². The Morgan fingerprint density at radius 1 is 0.947 bits per heavy atom. The minimum Gasteiger partial charge on any atom is -0.504 e. The number of pyridine rings is 1. The molecule has 8 rings (SSSR count). The molecule has 2 saturated heterocycles. The molecule has 1 saturated carbocycles. The number of hydrazine groups is 1. The first-order valence-electron chi connectivity index (χ1n) is 17.5. The lowest BCUT2D eigenvalue weighted by Crippen LogP contribution is -2.53. The highest BCUT2D eigenvalue weighted by Gasteiger charge is 2.70. The summed E-state index contributed by atoms with van der Waals surface area (Å²) in [7, 11) is 1.37. The molecular weight excluding hydrogens is 923 g/mol. The van der Waals surface area contributed by atoms with Gasteiger partial charge in [-0.25, -0.2) is 9.88 Å². The summed E-state index contributed by atoms with van der Waals surface area (Å²) in [6.45, 7) is 1.80. The molecule has 4 aliphatic rings. The number of rotatable bonds is 6. The number of methoxy groups -OCH3 is 1. The Hall–Kier alpha value is -4.38. The predicted octanol–water partition coefficient (Wildman–Crippen LogP) is 8.88. The van der Waals surface area contributed by atoms with Crippen molar-refractivity contribution in [3.63, 3.8) is 0 Å². The number of hydrogen-bond acceptors (Lipinski definition) is 8. The monoisotopic (exact) mass is 950 g/mol. The Balaban J connectivity index is 1.33. The fraction of sp³-hybridized carbons (Fsp3) is 0.275. The number of nitrogens with one attached hydrogen (secondary N) is 1. The molecule has 3 aromatic carbocycles. The van der Waals surface area contributed by atoms with E-state index in [1.54, 1.807) is 61.5 Å². The number of aryl methyl sites for hydroxylation is 1. The van der Waals surface area contributed by atoms with Gasteiger partial charge in [-0.1, -0.05) is 64.7 Å². The Morgan fingerprint density at radius 3 is 2.32 bits per heavy atom. The lowest BCUT2D eigenvalue weighted by molar-refractivity contribution is -0.139. The number of carbonyl (C=O) groups excluding carboxylic acids is 4. The van der Waals surface area contributed by atoms with Crippen LogP contribution in [0.4, 0.5) is 24.7 Å². The first-order chi connectivity index (χ1) is 27.0. The van der Waals surface area contributed by atoms with Crippen LogP contribution in [0, 0.1) is 34.2 Å². The van der Waals surface area contributed by atoms with Crippen LogP contribution < -0.4 is 15.1 Å². The van der Waals surface area contributed by atoms with Gasteiger partial charge in [-0.3, -0.25) is 24.6 Å². The molecule has 0 radical (unpaired) electrons. The summed E-state index contributed by atoms with van der Waals surface area (Å²) in [5.74, 6) is -7.62. The number of ether oxygens (including phenoxy) is 1. The van der Waals surface area contributed by atoms with E-state index in [0.717, 1.165) is 10.5 Å². The SMILES string of the molecule is COc1cc(C2C3=CCC4C(=O)N(c5ccc(C)c(Cl)c5)C(=O)C4C3CC3C(=O)N(Nc4ncc(C(F)(F)F)cc4Cl)C(=O)C32c2ccc(Cl)cc2)cc(I)c1O. The molecule has 0 spiro atoms. The minimum atomic E-state index is -4.76. The van der Waals surface area contributed by atoms with Gasteiger partial charge < -0.3 is 9.84 Å². The maximum absolute atomic E-state index is 15.4. The summed E-state index contributed by atoms with van der Waals surface area (Å²) >= 11 is 21.0. The van der Waals surface area contributed by atoms with Crippen molar-refractivity contribution in [1.29, 1.82) is 0 Å². The van der Waals surface area contributed by atoms with Crippen molar-refractivity contribution < 1.29 is 42.2 Å². The minimum absolute atomic E-state index is 0.0725. The number of hydrogen-bond donors (Lipinski definition) is 2. The number of allylic oxidation sites excluding steroid dienone is 2. The average Bonchev–Trinajstić information content (AvgIpc) is 3.55. The summed E-state index contributed by atoms with van der Waals surface area (Å²) in [4.78, 5) is 64.0. The van der Waals surface area contributed by atoms with Crippen molar-refractivity contribution in [3.8, 4) is 11.5 Å². The number of halogens is 7. The number of alkyl halides is 3. The number of aromatic nitrogens is 1. The van der Waals surface area contributed by atoms with E-state index < -0.39 is 75.4 Å². The van der Waals surface area contributed by atoms with Gasteiger partial charge in [0.15, 0.2) is 17.3 Å². The topological polar surface area (TPSA) is 129 Å². The van der Waals surface area contributed by atoms with Crippen molar-refractivity contribution in [2.45, 2.75) is 37.3 Å². The molecule has 1 aromatic heterocycles. The van der Waals surface area contributed by atoms with Gasteiger partial charge in [-0.2, -0.15) is 18.2 Å². The molecule has 4 aromatic rings. The zero-order valence-corrected chi connectivity index (χ0v) is 34.1. The van der Waals surface area contributed by atoms with Crippen LogP contribution in [0.2, 0.25) is 15.1 Å². The van der Waals surface area contributed by atoms with E-state index in [0.29, 0.717) is 53.3 Å². The van der Waals surface area contributed by atoms with E-state index in [2.05, 4.69) is 10.4 Å². The number of phenolic OH excluding ortho intramolecular Hbond substituents is 1. The van der Waals surface area contributed by atoms with Gasteiger partial charge in [-0.15, -0.1) is 0 Å². The van der Waals surface area contributed by atoms with Crippen LogP contribution in [-0.2, 0) is 30.8 Å². The summed E-state index contributed by atoms with van der Waals surface area (Å²) in [5, 5.41) is 11.9. The second-order valence-corrected chi connectivity index (χ2v) is 16.8. The summed E-state index contributed by atoms with van der Waals surface area (Å²) < 4.78 is 46.5. The lowest BCUT2D eigenvalue weighted by Gasteiger charge is -2.50. The number of benzene rings is 3. The number of imide groups is 2. The van der Waals surface area contributed by atoms with Crippen LogP contribution in [0.1, 0.15) is 41.0 Å². The highest BCUT2D eigenvalue weighted by Crippen LogP contribution is 2.65. The molecule has 6 atom stereocenters. The van der Waals surface area contributed by atoms with Crippen molar-refractivity contribution in [2.24, 2.45) is 23.7 Å². The Labute approximate surface area is 352 Å². The number of nitrogens with zero attached hydrogens (tertiary/aromatic N) is 3. The van der Waals surface area contributed by atoms with E-state index in [9.17, 15) is 32.7 Å². The number of anilines is 2. The maximum Gasteiger partial charge on any atom is 0.417 e. The standard InChI is InChI=1S/C40H29Cl3F3IN4O6/c1-17-3-8-22(14-27(17)42)50-35(53)24-10-9-23-25(31(24)37(50)55)15-26-36(54)51(49-34-28(43)13-20(16-48-34)40(44,45)46)38(56)39(26,19-4-6-21(41)7-5-19)32(23)18-11-29(47)33(52)30(12-18)57-2/h3-9,11-14,16,24-26,31-32,52H,10,15H2,1-2H3,(H,48,49). The fourth-order valence-corrected chi connectivity index (χ4v) is 10.2. The Bertz CT molecular complexity index is 2450. The second-order valence-electron chi connectivity index (χ2n) is 14.4. The fourth-order valence-electron chi connectivity index (χ4n) is 9.05. The molecule has 0 bridgehead atoms. The summed E-state index contributed by atoms with van der Waals surface area (Å²) in [6.07, 6.45) is -2.31. The van der Waals surface area contributed by atoms with Gasteiger partial charge in [-0.05, 0) is 107 Å². The van der Waals surface area contributed by atoms with Crippen LogP contribution in [0.5, 0.6) is 11.5 Å².